The molecule has 1 aromatic carbocycles. The first-order chi connectivity index (χ1) is 16.1. The molecular formula is C25H27F3N4O2. The number of carbonyl (C=O) groups excluding carboxylic acids is 1. The monoisotopic (exact) mass is 472 g/mol. The zero-order valence-electron chi connectivity index (χ0n) is 19.1. The molecule has 0 radical (unpaired) electrons. The maximum Gasteiger partial charge on any atom is 0.426 e. The molecule has 2 aliphatic rings. The first-order valence-electron chi connectivity index (χ1n) is 11.5. The number of halogens is 3. The second kappa shape index (κ2) is 8.09. The third-order valence-electron chi connectivity index (χ3n) is 7.14. The maximum atomic E-state index is 13.3. The highest BCUT2D eigenvalue weighted by Crippen LogP contribution is 2.38. The van der Waals surface area contributed by atoms with Gasteiger partial charge in [0.2, 0.25) is 5.60 Å². The number of pyridine rings is 1. The fourth-order valence-corrected chi connectivity index (χ4v) is 5.02. The number of aromatic nitrogens is 2. The summed E-state index contributed by atoms with van der Waals surface area (Å²) in [4.78, 5) is 21.5. The minimum Gasteiger partial charge on any atom is -0.373 e. The number of hydrogen-bond donors (Lipinski definition) is 3. The highest BCUT2D eigenvalue weighted by Gasteiger charge is 2.57. The minimum absolute atomic E-state index is 0.0440. The molecule has 0 bridgehead atoms. The summed E-state index contributed by atoms with van der Waals surface area (Å²) in [7, 11) is 0. The Labute approximate surface area is 195 Å². The fourth-order valence-electron chi connectivity index (χ4n) is 5.02. The normalized spacial score (nSPS) is 20.4. The molecule has 3 aromatic rings. The molecule has 0 saturated carbocycles. The van der Waals surface area contributed by atoms with Crippen LogP contribution in [-0.4, -0.2) is 50.7 Å². The number of benzene rings is 1. The molecule has 2 unspecified atom stereocenters. The SMILES string of the molecule is Cc1c[nH]c2ncc(-c3cc4c(c(C5CCCN5)c3)CN(C(=O)C(C)(O)C(F)(F)F)CC4)cc12. The predicted molar refractivity (Wildman–Crippen MR) is 122 cm³/mol. The minimum atomic E-state index is -5.04. The van der Waals surface area contributed by atoms with E-state index in [4.69, 9.17) is 0 Å². The number of H-pyrrole nitrogens is 1. The molecule has 9 heteroatoms. The van der Waals surface area contributed by atoms with E-state index in [1.165, 1.54) is 0 Å². The van der Waals surface area contributed by atoms with Crippen LogP contribution in [0.5, 0.6) is 0 Å². The maximum absolute atomic E-state index is 13.3. The van der Waals surface area contributed by atoms with E-state index in [0.717, 1.165) is 68.7 Å². The molecule has 3 N–H and O–H groups in total. The van der Waals surface area contributed by atoms with Gasteiger partial charge in [-0.05, 0) is 79.6 Å². The third-order valence-corrected chi connectivity index (χ3v) is 7.14. The van der Waals surface area contributed by atoms with Gasteiger partial charge in [-0.25, -0.2) is 4.98 Å². The van der Waals surface area contributed by atoms with Crippen molar-refractivity contribution < 1.29 is 23.1 Å². The van der Waals surface area contributed by atoms with Gasteiger partial charge in [0, 0.05) is 42.5 Å². The van der Waals surface area contributed by atoms with Gasteiger partial charge in [-0.15, -0.1) is 0 Å². The van der Waals surface area contributed by atoms with Crippen LogP contribution in [0.4, 0.5) is 13.2 Å². The Morgan fingerprint density at radius 1 is 1.24 bits per heavy atom. The number of nitrogens with one attached hydrogen (secondary N) is 2. The molecule has 1 fully saturated rings. The van der Waals surface area contributed by atoms with Crippen molar-refractivity contribution in [2.45, 2.75) is 57.5 Å². The zero-order valence-corrected chi connectivity index (χ0v) is 19.1. The van der Waals surface area contributed by atoms with E-state index in [1.54, 1.807) is 0 Å². The largest absolute Gasteiger partial charge is 0.426 e. The van der Waals surface area contributed by atoms with Gasteiger partial charge in [0.25, 0.3) is 5.91 Å². The number of fused-ring (bicyclic) bond motifs is 2. The highest BCUT2D eigenvalue weighted by molar-refractivity contribution is 5.86. The van der Waals surface area contributed by atoms with E-state index < -0.39 is 17.7 Å². The molecule has 2 aromatic heterocycles. The number of aromatic amines is 1. The Balaban J connectivity index is 1.55. The molecule has 0 spiro atoms. The van der Waals surface area contributed by atoms with Gasteiger partial charge in [0.05, 0.1) is 0 Å². The van der Waals surface area contributed by atoms with Gasteiger partial charge in [-0.1, -0.05) is 6.07 Å². The number of rotatable bonds is 3. The molecule has 0 aliphatic carbocycles. The highest BCUT2D eigenvalue weighted by atomic mass is 19.4. The second-order valence-electron chi connectivity index (χ2n) is 9.49. The van der Waals surface area contributed by atoms with Crippen LogP contribution in [-0.2, 0) is 17.8 Å². The summed E-state index contributed by atoms with van der Waals surface area (Å²) in [6.45, 7) is 3.58. The first-order valence-corrected chi connectivity index (χ1v) is 11.5. The summed E-state index contributed by atoms with van der Waals surface area (Å²) in [6.07, 6.45) is 1.05. The number of aliphatic hydroxyl groups is 1. The summed E-state index contributed by atoms with van der Waals surface area (Å²) in [5.74, 6) is -1.31. The van der Waals surface area contributed by atoms with Crippen molar-refractivity contribution in [3.63, 3.8) is 0 Å². The van der Waals surface area contributed by atoms with Crippen molar-refractivity contribution in [3.8, 4) is 11.1 Å². The molecule has 1 saturated heterocycles. The van der Waals surface area contributed by atoms with Crippen molar-refractivity contribution in [1.29, 1.82) is 0 Å². The van der Waals surface area contributed by atoms with Crippen molar-refractivity contribution in [2.75, 3.05) is 13.1 Å². The number of nitrogens with zero attached hydrogens (tertiary/aromatic N) is 2. The molecular weight excluding hydrogens is 445 g/mol. The lowest BCUT2D eigenvalue weighted by molar-refractivity contribution is -0.250. The lowest BCUT2D eigenvalue weighted by Crippen LogP contribution is -2.56. The van der Waals surface area contributed by atoms with E-state index in [1.807, 2.05) is 19.3 Å². The fraction of sp³-hybridized carbons (Fsp3) is 0.440. The van der Waals surface area contributed by atoms with E-state index in [-0.39, 0.29) is 19.1 Å². The molecule has 2 atom stereocenters. The smallest absolute Gasteiger partial charge is 0.373 e. The summed E-state index contributed by atoms with van der Waals surface area (Å²) < 4.78 is 39.9. The van der Waals surface area contributed by atoms with Crippen LogP contribution >= 0.6 is 0 Å². The number of hydrogen-bond acceptors (Lipinski definition) is 4. The summed E-state index contributed by atoms with van der Waals surface area (Å²) >= 11 is 0. The Kier molecular flexibility index (Phi) is 5.44. The lowest BCUT2D eigenvalue weighted by atomic mass is 9.86. The number of amides is 1. The summed E-state index contributed by atoms with van der Waals surface area (Å²) in [6, 6.07) is 6.30. The predicted octanol–water partition coefficient (Wildman–Crippen LogP) is 4.16. The lowest BCUT2D eigenvalue weighted by Gasteiger charge is -2.36. The molecule has 34 heavy (non-hydrogen) atoms. The third kappa shape index (κ3) is 3.76. The topological polar surface area (TPSA) is 81.2 Å². The van der Waals surface area contributed by atoms with E-state index in [9.17, 15) is 23.1 Å². The van der Waals surface area contributed by atoms with Crippen LogP contribution in [0.1, 0.15) is 48.1 Å². The van der Waals surface area contributed by atoms with Crippen molar-refractivity contribution in [1.82, 2.24) is 20.2 Å². The van der Waals surface area contributed by atoms with Crippen molar-refractivity contribution in [2.24, 2.45) is 0 Å². The first kappa shape index (κ1) is 22.9. The Morgan fingerprint density at radius 2 is 2.03 bits per heavy atom. The zero-order chi connectivity index (χ0) is 24.3. The van der Waals surface area contributed by atoms with Crippen molar-refractivity contribution in [3.05, 3.63) is 52.8 Å². The number of aryl methyl sites for hydroxylation is 1. The van der Waals surface area contributed by atoms with E-state index in [2.05, 4.69) is 33.5 Å². The molecule has 6 nitrogen and oxygen atoms in total. The molecule has 180 valence electrons. The Hall–Kier alpha value is -2.91. The quantitative estimate of drug-likeness (QED) is 0.535. The number of alkyl halides is 3. The van der Waals surface area contributed by atoms with E-state index in [0.29, 0.717) is 13.3 Å². The van der Waals surface area contributed by atoms with Crippen LogP contribution < -0.4 is 5.32 Å². The molecule has 4 heterocycles. The standard InChI is InChI=1S/C25H27F3N4O2/c1-14-11-30-22-18(14)10-17(12-31-22)16-8-15-5-7-32(23(33)24(2,34)25(26,27)28)13-20(15)19(9-16)21-4-3-6-29-21/h8-12,21,29,34H,3-7,13H2,1-2H3,(H,30,31). The average Bonchev–Trinajstić information content (AvgIpc) is 3.47. The van der Waals surface area contributed by atoms with Crippen LogP contribution in [0.25, 0.3) is 22.2 Å². The van der Waals surface area contributed by atoms with Gasteiger partial charge < -0.3 is 20.3 Å². The van der Waals surface area contributed by atoms with Gasteiger partial charge in [-0.3, -0.25) is 4.79 Å². The van der Waals surface area contributed by atoms with Crippen LogP contribution in [0.3, 0.4) is 0 Å². The van der Waals surface area contributed by atoms with Gasteiger partial charge in [0.15, 0.2) is 0 Å². The van der Waals surface area contributed by atoms with E-state index >= 15 is 0 Å². The Morgan fingerprint density at radius 3 is 2.74 bits per heavy atom. The van der Waals surface area contributed by atoms with Gasteiger partial charge in [-0.2, -0.15) is 13.2 Å². The average molecular weight is 473 g/mol. The van der Waals surface area contributed by atoms with Crippen LogP contribution in [0.2, 0.25) is 0 Å². The summed E-state index contributed by atoms with van der Waals surface area (Å²) in [5.41, 5.74) is 3.37. The van der Waals surface area contributed by atoms with Crippen LogP contribution in [0.15, 0.2) is 30.6 Å². The second-order valence-corrected chi connectivity index (χ2v) is 9.49. The van der Waals surface area contributed by atoms with Crippen molar-refractivity contribution >= 4 is 16.9 Å². The Bertz CT molecular complexity index is 1260. The van der Waals surface area contributed by atoms with Gasteiger partial charge >= 0.3 is 6.18 Å². The number of carbonyl (C=O) groups is 1. The molecule has 2 aliphatic heterocycles. The molecule has 5 rings (SSSR count). The molecule has 1 amide bonds. The van der Waals surface area contributed by atoms with Gasteiger partial charge in [0.1, 0.15) is 5.65 Å². The summed E-state index contributed by atoms with van der Waals surface area (Å²) in [5, 5.41) is 14.5. The van der Waals surface area contributed by atoms with Crippen LogP contribution in [0, 0.1) is 6.92 Å².